The fraction of sp³-hybridized carbons (Fsp3) is 0.276. The number of aromatic nitrogens is 1. The maximum absolute atomic E-state index is 11.6. The van der Waals surface area contributed by atoms with Gasteiger partial charge in [-0.2, -0.15) is 0 Å². The Morgan fingerprint density at radius 2 is 1.73 bits per heavy atom. The van der Waals surface area contributed by atoms with Crippen LogP contribution in [0.15, 0.2) is 90.9 Å². The summed E-state index contributed by atoms with van der Waals surface area (Å²) in [7, 11) is 3.05. The number of methoxy groups -OCH3 is 2. The van der Waals surface area contributed by atoms with E-state index >= 15 is 0 Å². The van der Waals surface area contributed by atoms with Gasteiger partial charge in [0, 0.05) is 12.7 Å². The van der Waals surface area contributed by atoms with E-state index in [-0.39, 0.29) is 5.97 Å². The third-order valence-electron chi connectivity index (χ3n) is 5.42. The molecule has 0 amide bonds. The van der Waals surface area contributed by atoms with Crippen LogP contribution in [-0.2, 0) is 28.9 Å². The maximum Gasteiger partial charge on any atom is 0.337 e. The Morgan fingerprint density at radius 3 is 2.33 bits per heavy atom. The van der Waals surface area contributed by atoms with Crippen LogP contribution in [0.2, 0.25) is 0 Å². The number of esters is 1. The van der Waals surface area contributed by atoms with Crippen molar-refractivity contribution in [1.82, 2.24) is 4.57 Å². The molecule has 0 saturated carbocycles. The highest BCUT2D eigenvalue weighted by Gasteiger charge is 2.09. The van der Waals surface area contributed by atoms with Gasteiger partial charge < -0.3 is 14.0 Å². The van der Waals surface area contributed by atoms with Gasteiger partial charge >= 0.3 is 5.97 Å². The van der Waals surface area contributed by atoms with Gasteiger partial charge in [0.2, 0.25) is 0 Å². The van der Waals surface area contributed by atoms with Crippen LogP contribution in [0.25, 0.3) is 10.9 Å². The van der Waals surface area contributed by atoms with Gasteiger partial charge in [0.25, 0.3) is 0 Å². The van der Waals surface area contributed by atoms with Gasteiger partial charge in [-0.05, 0) is 72.2 Å². The minimum absolute atomic E-state index is 0.309. The summed E-state index contributed by atoms with van der Waals surface area (Å²) in [5.41, 5.74) is 5.47. The predicted molar refractivity (Wildman–Crippen MR) is 138 cm³/mol. The number of nitrogens with zero attached hydrogens (tertiary/aromatic N) is 1. The number of para-hydroxylation sites is 1. The summed E-state index contributed by atoms with van der Waals surface area (Å²) < 4.78 is 12.4. The third-order valence-corrected chi connectivity index (χ3v) is 5.42. The summed E-state index contributed by atoms with van der Waals surface area (Å²) in [6, 6.07) is 16.2. The molecule has 0 fully saturated rings. The molecule has 3 aromatic rings. The molecule has 0 atom stereocenters. The monoisotopic (exact) mass is 445 g/mol. The van der Waals surface area contributed by atoms with Gasteiger partial charge in [0.05, 0.1) is 25.3 Å². The van der Waals surface area contributed by atoms with Crippen molar-refractivity contribution < 1.29 is 14.3 Å². The molecular formula is C29H35NO3. The Balaban J connectivity index is 0.00000187. The molecule has 0 bridgehead atoms. The maximum atomic E-state index is 11.6. The molecular weight excluding hydrogens is 410 g/mol. The van der Waals surface area contributed by atoms with E-state index in [0.717, 1.165) is 30.7 Å². The Bertz CT molecular complexity index is 1120. The fourth-order valence-corrected chi connectivity index (χ4v) is 3.68. The normalized spacial score (nSPS) is 11.5. The first-order valence-electron chi connectivity index (χ1n) is 11.4. The zero-order chi connectivity index (χ0) is 24.2. The Kier molecular flexibility index (Phi) is 10.2. The van der Waals surface area contributed by atoms with E-state index in [4.69, 9.17) is 9.47 Å². The minimum Gasteiger partial charge on any atom is -0.497 e. The van der Waals surface area contributed by atoms with Crippen molar-refractivity contribution >= 4 is 16.9 Å². The quantitative estimate of drug-likeness (QED) is 0.204. The summed E-state index contributed by atoms with van der Waals surface area (Å²) in [4.78, 5) is 11.6. The van der Waals surface area contributed by atoms with Crippen LogP contribution >= 0.6 is 0 Å². The Hall–Kier alpha value is -3.53. The topological polar surface area (TPSA) is 40.5 Å². The van der Waals surface area contributed by atoms with E-state index < -0.39 is 0 Å². The van der Waals surface area contributed by atoms with Gasteiger partial charge in [-0.25, -0.2) is 4.79 Å². The van der Waals surface area contributed by atoms with Crippen LogP contribution in [0.5, 0.6) is 0 Å². The molecule has 1 aromatic heterocycles. The first kappa shape index (κ1) is 25.7. The van der Waals surface area contributed by atoms with Crippen molar-refractivity contribution in [2.75, 3.05) is 14.2 Å². The number of allylic oxidation sites excluding steroid dienone is 4. The molecule has 0 aliphatic heterocycles. The van der Waals surface area contributed by atoms with Gasteiger partial charge in [0.15, 0.2) is 0 Å². The van der Waals surface area contributed by atoms with E-state index in [1.165, 1.54) is 29.1 Å². The molecule has 3 rings (SSSR count). The number of carbonyl (C=O) groups excluding carboxylic acids is 1. The number of rotatable bonds is 9. The number of aryl methyl sites for hydroxylation is 2. The average Bonchev–Trinajstić information content (AvgIpc) is 3.29. The van der Waals surface area contributed by atoms with E-state index in [2.05, 4.69) is 47.7 Å². The highest BCUT2D eigenvalue weighted by molar-refractivity contribution is 5.89. The molecule has 0 aliphatic carbocycles. The number of hydrogen-bond acceptors (Lipinski definition) is 3. The molecule has 1 heterocycles. The second kappa shape index (κ2) is 13.1. The zero-order valence-corrected chi connectivity index (χ0v) is 20.4. The lowest BCUT2D eigenvalue weighted by Crippen LogP contribution is -2.03. The highest BCUT2D eigenvalue weighted by Crippen LogP contribution is 2.24. The van der Waals surface area contributed by atoms with Gasteiger partial charge in [0.1, 0.15) is 5.76 Å². The summed E-state index contributed by atoms with van der Waals surface area (Å²) >= 11 is 0. The second-order valence-electron chi connectivity index (χ2n) is 7.31. The molecule has 0 radical (unpaired) electrons. The van der Waals surface area contributed by atoms with Crippen LogP contribution in [0.3, 0.4) is 0 Å². The standard InChI is InChI=1S/C27H29NO3.C2H6/c1-5-20(18-25(6-2)30-3)19-28-17-16-23-9-7-8-22(26(23)28)13-10-21-11-14-24(15-12-21)27(29)31-4;1-2/h5-9,11-12,14-18H,2,10,13,19H2,1,3-4H3;1-2H3/b20-5+,25-18+;. The van der Waals surface area contributed by atoms with E-state index in [0.29, 0.717) is 5.56 Å². The molecule has 4 heteroatoms. The first-order chi connectivity index (χ1) is 16.1. The second-order valence-corrected chi connectivity index (χ2v) is 7.31. The first-order valence-corrected chi connectivity index (χ1v) is 11.4. The Morgan fingerprint density at radius 1 is 1.00 bits per heavy atom. The van der Waals surface area contributed by atoms with Crippen LogP contribution in [-0.4, -0.2) is 24.8 Å². The average molecular weight is 446 g/mol. The lowest BCUT2D eigenvalue weighted by molar-refractivity contribution is 0.0600. The summed E-state index contributed by atoms with van der Waals surface area (Å²) in [6.45, 7) is 10.6. The molecule has 0 aliphatic rings. The smallest absolute Gasteiger partial charge is 0.337 e. The van der Waals surface area contributed by atoms with Crippen molar-refractivity contribution in [3.63, 3.8) is 0 Å². The lowest BCUT2D eigenvalue weighted by Gasteiger charge is -2.12. The molecule has 2 aromatic carbocycles. The Labute approximate surface area is 197 Å². The molecule has 174 valence electrons. The summed E-state index contributed by atoms with van der Waals surface area (Å²) in [5, 5.41) is 1.23. The third kappa shape index (κ3) is 6.72. The minimum atomic E-state index is -0.309. The SMILES string of the molecule is C=C/C(=C\C(=C/C)Cn1ccc2cccc(CCc3ccc(C(=O)OC)cc3)c21)OC.CC. The van der Waals surface area contributed by atoms with Gasteiger partial charge in [-0.1, -0.05) is 56.8 Å². The number of carbonyl (C=O) groups is 1. The zero-order valence-electron chi connectivity index (χ0n) is 20.4. The largest absolute Gasteiger partial charge is 0.497 e. The molecule has 0 saturated heterocycles. The van der Waals surface area contributed by atoms with Crippen molar-refractivity contribution in [1.29, 1.82) is 0 Å². The van der Waals surface area contributed by atoms with Crippen LogP contribution in [0.4, 0.5) is 0 Å². The number of benzene rings is 2. The number of hydrogen-bond donors (Lipinski definition) is 0. The summed E-state index contributed by atoms with van der Waals surface area (Å²) in [5.74, 6) is 0.441. The van der Waals surface area contributed by atoms with E-state index in [9.17, 15) is 4.79 Å². The van der Waals surface area contributed by atoms with Crippen molar-refractivity contribution in [3.05, 3.63) is 108 Å². The lowest BCUT2D eigenvalue weighted by atomic mass is 10.0. The van der Waals surface area contributed by atoms with Gasteiger partial charge in [-0.3, -0.25) is 0 Å². The van der Waals surface area contributed by atoms with Gasteiger partial charge in [-0.15, -0.1) is 0 Å². The predicted octanol–water partition coefficient (Wildman–Crippen LogP) is 6.90. The number of fused-ring (bicyclic) bond motifs is 1. The number of ether oxygens (including phenoxy) is 2. The van der Waals surface area contributed by atoms with E-state index in [1.807, 2.05) is 51.1 Å². The highest BCUT2D eigenvalue weighted by atomic mass is 16.5. The van der Waals surface area contributed by atoms with Crippen molar-refractivity contribution in [2.24, 2.45) is 0 Å². The van der Waals surface area contributed by atoms with Crippen LogP contribution in [0.1, 0.15) is 42.3 Å². The summed E-state index contributed by atoms with van der Waals surface area (Å²) in [6.07, 6.45) is 9.78. The molecule has 0 N–H and O–H groups in total. The molecule has 0 spiro atoms. The fourth-order valence-electron chi connectivity index (χ4n) is 3.68. The van der Waals surface area contributed by atoms with E-state index in [1.54, 1.807) is 13.2 Å². The molecule has 0 unspecified atom stereocenters. The van der Waals surface area contributed by atoms with Crippen LogP contribution < -0.4 is 0 Å². The van der Waals surface area contributed by atoms with Crippen LogP contribution in [0, 0.1) is 0 Å². The molecule has 4 nitrogen and oxygen atoms in total. The van der Waals surface area contributed by atoms with Crippen molar-refractivity contribution in [2.45, 2.75) is 40.2 Å². The molecule has 33 heavy (non-hydrogen) atoms. The van der Waals surface area contributed by atoms with Crippen molar-refractivity contribution in [3.8, 4) is 0 Å².